The normalized spacial score (nSPS) is 17.3. The average Bonchev–Trinajstić information content (AvgIpc) is 1.90. The molecule has 4 nitrogen and oxygen atoms in total. The first-order valence-electron chi connectivity index (χ1n) is 2.83. The fourth-order valence-corrected chi connectivity index (χ4v) is 0.533. The fraction of sp³-hybridized carbons (Fsp3) is 1.00. The summed E-state index contributed by atoms with van der Waals surface area (Å²) in [5.74, 6) is 0. The number of hydrogen-bond donors (Lipinski definition) is 4. The Morgan fingerprint density at radius 1 is 1.33 bits per heavy atom. The molecule has 0 aliphatic carbocycles. The van der Waals surface area contributed by atoms with Crippen LogP contribution in [0.5, 0.6) is 0 Å². The molecule has 0 aromatic heterocycles. The molecule has 2 unspecified atom stereocenters. The minimum atomic E-state index is -0.875. The Balaban J connectivity index is 3.50. The van der Waals surface area contributed by atoms with E-state index >= 15 is 0 Å². The molecule has 0 fully saturated rings. The van der Waals surface area contributed by atoms with Gasteiger partial charge in [0.1, 0.15) is 0 Å². The Kier molecular flexibility index (Phi) is 4.61. The van der Waals surface area contributed by atoms with Crippen LogP contribution in [-0.2, 0) is 0 Å². The molecule has 0 aliphatic rings. The highest BCUT2D eigenvalue weighted by Gasteiger charge is 2.13. The minimum absolute atomic E-state index is 0.168. The molecular weight excluding hydrogens is 122 g/mol. The van der Waals surface area contributed by atoms with E-state index < -0.39 is 12.1 Å². The van der Waals surface area contributed by atoms with Crippen molar-refractivity contribution in [1.29, 1.82) is 0 Å². The third-order valence-electron chi connectivity index (χ3n) is 1.22. The van der Waals surface area contributed by atoms with Gasteiger partial charge in [-0.3, -0.25) is 0 Å². The van der Waals surface area contributed by atoms with Gasteiger partial charge in [-0.05, 0) is 7.05 Å². The molecule has 0 saturated heterocycles. The molecule has 0 aliphatic heterocycles. The van der Waals surface area contributed by atoms with Gasteiger partial charge in [-0.15, -0.1) is 0 Å². The lowest BCUT2D eigenvalue weighted by atomic mass is 10.2. The Morgan fingerprint density at radius 3 is 2.00 bits per heavy atom. The maximum absolute atomic E-state index is 8.85. The predicted molar refractivity (Wildman–Crippen MR) is 33.0 cm³/mol. The van der Waals surface area contributed by atoms with E-state index in [9.17, 15) is 0 Å². The van der Waals surface area contributed by atoms with Gasteiger partial charge < -0.3 is 20.6 Å². The van der Waals surface area contributed by atoms with Crippen molar-refractivity contribution in [2.24, 2.45) is 0 Å². The molecular formula is C5H13NO3. The van der Waals surface area contributed by atoms with Gasteiger partial charge in [0.25, 0.3) is 0 Å². The van der Waals surface area contributed by atoms with Crippen molar-refractivity contribution in [3.05, 3.63) is 0 Å². The van der Waals surface area contributed by atoms with Crippen molar-refractivity contribution in [3.8, 4) is 0 Å². The zero-order valence-corrected chi connectivity index (χ0v) is 5.41. The van der Waals surface area contributed by atoms with Crippen molar-refractivity contribution in [2.45, 2.75) is 12.1 Å². The maximum atomic E-state index is 8.85. The first-order chi connectivity index (χ1) is 4.26. The van der Waals surface area contributed by atoms with E-state index in [1.54, 1.807) is 7.05 Å². The topological polar surface area (TPSA) is 72.7 Å². The van der Waals surface area contributed by atoms with Gasteiger partial charge in [-0.25, -0.2) is 0 Å². The van der Waals surface area contributed by atoms with Crippen LogP contribution < -0.4 is 5.32 Å². The molecule has 0 bridgehead atoms. The number of aliphatic hydroxyl groups excluding tert-OH is 3. The first-order valence-corrected chi connectivity index (χ1v) is 2.83. The molecule has 0 radical (unpaired) electrons. The summed E-state index contributed by atoms with van der Waals surface area (Å²) in [6.45, 7) is -0.496. The maximum Gasteiger partial charge on any atom is 0.0945 e. The highest BCUT2D eigenvalue weighted by atomic mass is 16.3. The number of hydrogen-bond acceptors (Lipinski definition) is 4. The summed E-state index contributed by atoms with van der Waals surface area (Å²) in [6.07, 6.45) is -0.875. The summed E-state index contributed by atoms with van der Waals surface area (Å²) in [4.78, 5) is 0. The van der Waals surface area contributed by atoms with Crippen LogP contribution in [0.3, 0.4) is 0 Å². The second-order valence-corrected chi connectivity index (χ2v) is 1.83. The van der Waals surface area contributed by atoms with Crippen LogP contribution in [0.2, 0.25) is 0 Å². The van der Waals surface area contributed by atoms with Crippen LogP contribution >= 0.6 is 0 Å². The van der Waals surface area contributed by atoms with Gasteiger partial charge in [0.2, 0.25) is 0 Å². The molecule has 0 aromatic carbocycles. The minimum Gasteiger partial charge on any atom is -0.395 e. The Morgan fingerprint density at radius 2 is 1.89 bits per heavy atom. The van der Waals surface area contributed by atoms with Crippen LogP contribution in [0.4, 0.5) is 0 Å². The molecule has 2 atom stereocenters. The monoisotopic (exact) mass is 135 g/mol. The summed E-state index contributed by atoms with van der Waals surface area (Å²) >= 11 is 0. The standard InChI is InChI=1S/C5H13NO3/c1-6-4(2-7)5(9)3-8/h4-9H,2-3H2,1H3. The van der Waals surface area contributed by atoms with Crippen molar-refractivity contribution in [1.82, 2.24) is 5.32 Å². The van der Waals surface area contributed by atoms with Gasteiger partial charge in [-0.2, -0.15) is 0 Å². The van der Waals surface area contributed by atoms with Crippen LogP contribution in [0, 0.1) is 0 Å². The van der Waals surface area contributed by atoms with Crippen LogP contribution in [0.15, 0.2) is 0 Å². The van der Waals surface area contributed by atoms with E-state index in [1.165, 1.54) is 0 Å². The summed E-state index contributed by atoms with van der Waals surface area (Å²) in [5.41, 5.74) is 0. The Labute approximate surface area is 54.1 Å². The Hall–Kier alpha value is -0.160. The number of aliphatic hydroxyl groups is 3. The zero-order valence-electron chi connectivity index (χ0n) is 5.41. The van der Waals surface area contributed by atoms with Crippen molar-refractivity contribution in [3.63, 3.8) is 0 Å². The average molecular weight is 135 g/mol. The molecule has 4 heteroatoms. The molecule has 0 heterocycles. The lowest BCUT2D eigenvalue weighted by Gasteiger charge is -2.17. The smallest absolute Gasteiger partial charge is 0.0945 e. The molecule has 0 saturated carbocycles. The zero-order chi connectivity index (χ0) is 7.28. The lowest BCUT2D eigenvalue weighted by Crippen LogP contribution is -2.42. The first kappa shape index (κ1) is 8.84. The van der Waals surface area contributed by atoms with E-state index in [0.29, 0.717) is 0 Å². The second kappa shape index (κ2) is 4.69. The molecule has 4 N–H and O–H groups in total. The number of nitrogens with one attached hydrogen (secondary N) is 1. The van der Waals surface area contributed by atoms with Gasteiger partial charge in [0.15, 0.2) is 0 Å². The predicted octanol–water partition coefficient (Wildman–Crippen LogP) is -2.08. The highest BCUT2D eigenvalue weighted by Crippen LogP contribution is 1.88. The van der Waals surface area contributed by atoms with Crippen molar-refractivity contribution >= 4 is 0 Å². The van der Waals surface area contributed by atoms with E-state index in [2.05, 4.69) is 5.32 Å². The molecule has 0 spiro atoms. The number of likely N-dealkylation sites (N-methyl/N-ethyl adjacent to an activating group) is 1. The molecule has 0 amide bonds. The summed E-state index contributed by atoms with van der Waals surface area (Å²) in [5, 5.41) is 28.3. The third-order valence-corrected chi connectivity index (χ3v) is 1.22. The van der Waals surface area contributed by atoms with Crippen LogP contribution in [0.25, 0.3) is 0 Å². The van der Waals surface area contributed by atoms with E-state index in [-0.39, 0.29) is 13.2 Å². The second-order valence-electron chi connectivity index (χ2n) is 1.83. The van der Waals surface area contributed by atoms with Gasteiger partial charge in [0, 0.05) is 0 Å². The quantitative estimate of drug-likeness (QED) is 0.357. The van der Waals surface area contributed by atoms with Crippen LogP contribution in [-0.4, -0.2) is 47.7 Å². The third kappa shape index (κ3) is 2.76. The Bertz CT molecular complexity index is 65.2. The highest BCUT2D eigenvalue weighted by molar-refractivity contribution is 4.71. The fourth-order valence-electron chi connectivity index (χ4n) is 0.533. The van der Waals surface area contributed by atoms with Crippen molar-refractivity contribution < 1.29 is 15.3 Å². The van der Waals surface area contributed by atoms with E-state index in [0.717, 1.165) is 0 Å². The number of rotatable bonds is 4. The SMILES string of the molecule is CNC(CO)C(O)CO. The van der Waals surface area contributed by atoms with Crippen LogP contribution in [0.1, 0.15) is 0 Å². The van der Waals surface area contributed by atoms with Gasteiger partial charge in [0.05, 0.1) is 25.4 Å². The molecule has 56 valence electrons. The largest absolute Gasteiger partial charge is 0.395 e. The summed E-state index contributed by atoms with van der Waals surface area (Å²) < 4.78 is 0. The van der Waals surface area contributed by atoms with Gasteiger partial charge in [-0.1, -0.05) is 0 Å². The molecule has 0 aromatic rings. The summed E-state index contributed by atoms with van der Waals surface area (Å²) in [7, 11) is 1.61. The van der Waals surface area contributed by atoms with Crippen molar-refractivity contribution in [2.75, 3.05) is 20.3 Å². The van der Waals surface area contributed by atoms with Gasteiger partial charge >= 0.3 is 0 Å². The van der Waals surface area contributed by atoms with E-state index in [4.69, 9.17) is 15.3 Å². The lowest BCUT2D eigenvalue weighted by molar-refractivity contribution is 0.0444. The molecule has 0 rings (SSSR count). The van der Waals surface area contributed by atoms with E-state index in [1.807, 2.05) is 0 Å². The summed E-state index contributed by atoms with van der Waals surface area (Å²) in [6, 6.07) is -0.421. The molecule has 9 heavy (non-hydrogen) atoms.